The van der Waals surface area contributed by atoms with Crippen molar-refractivity contribution < 1.29 is 4.79 Å². The van der Waals surface area contributed by atoms with Gasteiger partial charge in [0.1, 0.15) is 17.8 Å². The number of nitrogens with two attached hydrogens (primary N) is 1. The largest absolute Gasteiger partial charge is 0.366 e. The number of H-pyrrole nitrogens is 1. The van der Waals surface area contributed by atoms with E-state index in [9.17, 15) is 9.59 Å². The number of amides is 1. The number of nitrogens with zero attached hydrogens (tertiary/aromatic N) is 5. The van der Waals surface area contributed by atoms with Gasteiger partial charge in [0, 0.05) is 36.4 Å². The van der Waals surface area contributed by atoms with E-state index in [2.05, 4.69) is 25.4 Å². The summed E-state index contributed by atoms with van der Waals surface area (Å²) in [6, 6.07) is 16.9. The van der Waals surface area contributed by atoms with Crippen molar-refractivity contribution in [2.45, 2.75) is 13.0 Å². The Morgan fingerprint density at radius 1 is 1.08 bits per heavy atom. The van der Waals surface area contributed by atoms with Gasteiger partial charge in [0.25, 0.3) is 11.5 Å². The molecule has 0 fully saturated rings. The summed E-state index contributed by atoms with van der Waals surface area (Å²) >= 11 is 0. The van der Waals surface area contributed by atoms with Gasteiger partial charge < -0.3 is 16.0 Å². The third kappa shape index (κ3) is 3.79. The number of hydrogen-bond donors (Lipinski definition) is 3. The number of primary amides is 1. The minimum atomic E-state index is -0.586. The highest BCUT2D eigenvalue weighted by Gasteiger charge is 2.21. The van der Waals surface area contributed by atoms with Crippen molar-refractivity contribution in [1.82, 2.24) is 29.3 Å². The number of fused-ring (bicyclic) bond motifs is 2. The summed E-state index contributed by atoms with van der Waals surface area (Å²) in [5.41, 5.74) is 9.35. The van der Waals surface area contributed by atoms with Crippen LogP contribution in [0.2, 0.25) is 0 Å². The van der Waals surface area contributed by atoms with Gasteiger partial charge in [-0.1, -0.05) is 36.4 Å². The fraction of sp³-hybridized carbons (Fsp3) is 0.107. The molecule has 0 spiro atoms. The molecule has 6 aromatic rings. The van der Waals surface area contributed by atoms with Gasteiger partial charge in [-0.2, -0.15) is 5.10 Å². The van der Waals surface area contributed by atoms with Crippen molar-refractivity contribution in [3.05, 3.63) is 101 Å². The smallest absolute Gasteiger partial charge is 0.263 e. The Morgan fingerprint density at radius 3 is 2.63 bits per heavy atom. The van der Waals surface area contributed by atoms with Crippen LogP contribution < -0.4 is 16.6 Å². The highest BCUT2D eigenvalue weighted by molar-refractivity contribution is 6.09. The van der Waals surface area contributed by atoms with E-state index in [1.54, 1.807) is 15.4 Å². The molecular formula is C28H24N8O2. The number of anilines is 1. The zero-order chi connectivity index (χ0) is 26.4. The van der Waals surface area contributed by atoms with Crippen LogP contribution in [0.4, 0.5) is 5.82 Å². The first-order valence-corrected chi connectivity index (χ1v) is 12.0. The zero-order valence-corrected chi connectivity index (χ0v) is 20.7. The molecule has 4 aromatic heterocycles. The maximum absolute atomic E-state index is 14.2. The summed E-state index contributed by atoms with van der Waals surface area (Å²) in [4.78, 5) is 37.8. The van der Waals surface area contributed by atoms with Crippen LogP contribution >= 0.6 is 0 Å². The predicted molar refractivity (Wildman–Crippen MR) is 146 cm³/mol. The van der Waals surface area contributed by atoms with Gasteiger partial charge in [-0.3, -0.25) is 18.8 Å². The van der Waals surface area contributed by atoms with E-state index in [0.29, 0.717) is 22.2 Å². The van der Waals surface area contributed by atoms with Crippen molar-refractivity contribution in [3.63, 3.8) is 0 Å². The van der Waals surface area contributed by atoms with E-state index in [0.717, 1.165) is 27.9 Å². The van der Waals surface area contributed by atoms with Gasteiger partial charge in [0.2, 0.25) is 0 Å². The number of nitrogens with one attached hydrogen (secondary N) is 2. The maximum atomic E-state index is 14.2. The second kappa shape index (κ2) is 9.00. The van der Waals surface area contributed by atoms with Crippen molar-refractivity contribution in [1.29, 1.82) is 0 Å². The molecule has 1 atom stereocenters. The number of para-hydroxylation sites is 1. The van der Waals surface area contributed by atoms with Gasteiger partial charge in [-0.25, -0.2) is 9.97 Å². The monoisotopic (exact) mass is 504 g/mol. The summed E-state index contributed by atoms with van der Waals surface area (Å²) < 4.78 is 3.43. The van der Waals surface area contributed by atoms with Crippen LogP contribution in [0, 0.1) is 0 Å². The minimum absolute atomic E-state index is 0.149. The third-order valence-corrected chi connectivity index (χ3v) is 6.64. The first kappa shape index (κ1) is 23.2. The first-order chi connectivity index (χ1) is 18.4. The molecule has 0 saturated carbocycles. The van der Waals surface area contributed by atoms with Gasteiger partial charge in [0.05, 0.1) is 28.6 Å². The van der Waals surface area contributed by atoms with Crippen molar-refractivity contribution >= 4 is 33.5 Å². The number of carbonyl (C=O) groups excluding carboxylic acids is 1. The molecule has 10 nitrogen and oxygen atoms in total. The Bertz CT molecular complexity index is 1880. The molecule has 38 heavy (non-hydrogen) atoms. The molecule has 0 aliphatic rings. The second-order valence-electron chi connectivity index (χ2n) is 9.10. The highest BCUT2D eigenvalue weighted by atomic mass is 16.1. The van der Waals surface area contributed by atoms with E-state index in [1.807, 2.05) is 74.8 Å². The lowest BCUT2D eigenvalue weighted by Crippen LogP contribution is -2.26. The predicted octanol–water partition coefficient (Wildman–Crippen LogP) is 3.93. The van der Waals surface area contributed by atoms with E-state index in [1.165, 1.54) is 12.5 Å². The molecule has 0 bridgehead atoms. The number of aromatic amines is 1. The molecule has 2 aromatic carbocycles. The van der Waals surface area contributed by atoms with Crippen molar-refractivity contribution in [2.75, 3.05) is 5.32 Å². The SMILES string of the molecule is C[C@@H](Nc1ncnc2[nH]cc(C(N)=O)c12)c1cc2cccc(-c3cnn(C)c3)c2c(=O)n1-c1ccccc1. The van der Waals surface area contributed by atoms with Crippen LogP contribution in [0.3, 0.4) is 0 Å². The van der Waals surface area contributed by atoms with E-state index < -0.39 is 5.91 Å². The molecule has 4 heterocycles. The first-order valence-electron chi connectivity index (χ1n) is 12.0. The van der Waals surface area contributed by atoms with Gasteiger partial charge in [0.15, 0.2) is 0 Å². The molecule has 0 unspecified atom stereocenters. The summed E-state index contributed by atoms with van der Waals surface area (Å²) in [6.45, 7) is 1.94. The molecule has 0 radical (unpaired) electrons. The number of aromatic nitrogens is 6. The third-order valence-electron chi connectivity index (χ3n) is 6.64. The quantitative estimate of drug-likeness (QED) is 0.314. The average Bonchev–Trinajstić information content (AvgIpc) is 3.56. The summed E-state index contributed by atoms with van der Waals surface area (Å²) in [5, 5.41) is 9.58. The van der Waals surface area contributed by atoms with Crippen LogP contribution in [-0.2, 0) is 7.05 Å². The molecule has 0 aliphatic heterocycles. The van der Waals surface area contributed by atoms with Crippen LogP contribution in [-0.4, -0.2) is 35.2 Å². The molecule has 0 saturated heterocycles. The number of aryl methyl sites for hydroxylation is 1. The molecule has 10 heteroatoms. The fourth-order valence-corrected chi connectivity index (χ4v) is 4.89. The Morgan fingerprint density at radius 2 is 1.89 bits per heavy atom. The maximum Gasteiger partial charge on any atom is 0.263 e. The number of pyridine rings is 1. The highest BCUT2D eigenvalue weighted by Crippen LogP contribution is 2.31. The van der Waals surface area contributed by atoms with Gasteiger partial charge >= 0.3 is 0 Å². The standard InChI is InChI=1S/C28H24N8O2/c1-16(34-27-24-21(25(29)37)13-30-26(24)31-15-32-27)22-11-17-7-6-10-20(18-12-33-35(2)14-18)23(17)28(38)36(22)19-8-4-3-5-9-19/h3-16H,1-2H3,(H2,29,37)(H2,30,31,32,34)/t16-/m1/s1. The molecule has 1 amide bonds. The van der Waals surface area contributed by atoms with Crippen molar-refractivity contribution in [3.8, 4) is 16.8 Å². The van der Waals surface area contributed by atoms with Gasteiger partial charge in [-0.05, 0) is 36.1 Å². The Hall–Kier alpha value is -5.25. The summed E-state index contributed by atoms with van der Waals surface area (Å²) in [6.07, 6.45) is 6.58. The second-order valence-corrected chi connectivity index (χ2v) is 9.10. The lowest BCUT2D eigenvalue weighted by atomic mass is 9.99. The molecular weight excluding hydrogens is 480 g/mol. The summed E-state index contributed by atoms with van der Waals surface area (Å²) in [7, 11) is 1.85. The molecule has 6 rings (SSSR count). The number of rotatable bonds is 6. The lowest BCUT2D eigenvalue weighted by Gasteiger charge is -2.22. The van der Waals surface area contributed by atoms with Crippen LogP contribution in [0.25, 0.3) is 38.6 Å². The molecule has 4 N–H and O–H groups in total. The normalized spacial score (nSPS) is 12.2. The Kier molecular flexibility index (Phi) is 5.49. The number of hydrogen-bond acceptors (Lipinski definition) is 6. The lowest BCUT2D eigenvalue weighted by molar-refractivity contribution is 0.100. The summed E-state index contributed by atoms with van der Waals surface area (Å²) in [5.74, 6) is -0.148. The average molecular weight is 505 g/mol. The van der Waals surface area contributed by atoms with E-state index in [-0.39, 0.29) is 17.2 Å². The van der Waals surface area contributed by atoms with Crippen LogP contribution in [0.15, 0.2) is 84.3 Å². The van der Waals surface area contributed by atoms with E-state index in [4.69, 9.17) is 5.73 Å². The van der Waals surface area contributed by atoms with Crippen LogP contribution in [0.5, 0.6) is 0 Å². The topological polar surface area (TPSA) is 137 Å². The fourth-order valence-electron chi connectivity index (χ4n) is 4.89. The van der Waals surface area contributed by atoms with Gasteiger partial charge in [-0.15, -0.1) is 0 Å². The Labute approximate surface area is 216 Å². The number of carbonyl (C=O) groups is 1. The minimum Gasteiger partial charge on any atom is -0.366 e. The molecule has 188 valence electrons. The van der Waals surface area contributed by atoms with Crippen LogP contribution in [0.1, 0.15) is 29.0 Å². The van der Waals surface area contributed by atoms with E-state index >= 15 is 0 Å². The Balaban J connectivity index is 1.56. The van der Waals surface area contributed by atoms with Crippen molar-refractivity contribution in [2.24, 2.45) is 12.8 Å². The molecule has 0 aliphatic carbocycles. The number of benzene rings is 2. The zero-order valence-electron chi connectivity index (χ0n) is 20.7.